The third kappa shape index (κ3) is 3.27. The molecule has 6 heteroatoms. The van der Waals surface area contributed by atoms with Crippen LogP contribution in [0.2, 0.25) is 0 Å². The van der Waals surface area contributed by atoms with Crippen LogP contribution in [0.15, 0.2) is 47.1 Å². The van der Waals surface area contributed by atoms with Crippen LogP contribution in [-0.2, 0) is 6.61 Å². The lowest BCUT2D eigenvalue weighted by molar-refractivity contribution is 0.0696. The molecule has 3 aromatic rings. The number of benzene rings is 1. The lowest BCUT2D eigenvalue weighted by atomic mass is 10.0. The second-order valence-electron chi connectivity index (χ2n) is 5.41. The molecule has 122 valence electrons. The van der Waals surface area contributed by atoms with E-state index < -0.39 is 5.97 Å². The first kappa shape index (κ1) is 15.7. The van der Waals surface area contributed by atoms with Gasteiger partial charge in [-0.15, -0.1) is 0 Å². The second-order valence-corrected chi connectivity index (χ2v) is 5.41. The van der Waals surface area contributed by atoms with Crippen molar-refractivity contribution in [2.75, 3.05) is 0 Å². The number of aromatic carboxylic acids is 1. The fourth-order valence-electron chi connectivity index (χ4n) is 2.32. The number of pyridine rings is 1. The van der Waals surface area contributed by atoms with Gasteiger partial charge >= 0.3 is 5.97 Å². The minimum absolute atomic E-state index is 0.115. The summed E-state index contributed by atoms with van der Waals surface area (Å²) in [5.41, 5.74) is 3.78. The minimum atomic E-state index is -1.02. The summed E-state index contributed by atoms with van der Waals surface area (Å²) >= 11 is 0. The van der Waals surface area contributed by atoms with E-state index in [4.69, 9.17) is 14.4 Å². The predicted molar refractivity (Wildman–Crippen MR) is 86.9 cm³/mol. The summed E-state index contributed by atoms with van der Waals surface area (Å²) in [5, 5.41) is 13.0. The summed E-state index contributed by atoms with van der Waals surface area (Å²) in [6, 6.07) is 11.0. The minimum Gasteiger partial charge on any atom is -0.478 e. The zero-order valence-electron chi connectivity index (χ0n) is 13.3. The molecule has 0 radical (unpaired) electrons. The molecule has 0 saturated heterocycles. The molecule has 0 amide bonds. The van der Waals surface area contributed by atoms with Gasteiger partial charge in [0.15, 0.2) is 0 Å². The Morgan fingerprint density at radius 2 is 2.08 bits per heavy atom. The standard InChI is InChI=1S/C18H16N2O4/c1-11-4-3-5-13(8-11)17-15(12(2)24-20-17)10-23-16-7-6-14(9-19-16)18(21)22/h3-9H,10H2,1-2H3,(H,21,22). The molecule has 0 unspecified atom stereocenters. The number of aromatic nitrogens is 2. The monoisotopic (exact) mass is 324 g/mol. The number of hydrogen-bond acceptors (Lipinski definition) is 5. The largest absolute Gasteiger partial charge is 0.478 e. The van der Waals surface area contributed by atoms with Crippen LogP contribution < -0.4 is 4.74 Å². The first-order chi connectivity index (χ1) is 11.5. The third-order valence-electron chi connectivity index (χ3n) is 3.62. The molecule has 6 nitrogen and oxygen atoms in total. The van der Waals surface area contributed by atoms with Crippen molar-refractivity contribution in [1.29, 1.82) is 0 Å². The number of ether oxygens (including phenoxy) is 1. The Labute approximate surface area is 138 Å². The van der Waals surface area contributed by atoms with Gasteiger partial charge in [0.25, 0.3) is 0 Å². The van der Waals surface area contributed by atoms with Crippen LogP contribution in [0.5, 0.6) is 5.88 Å². The maximum Gasteiger partial charge on any atom is 0.337 e. The number of rotatable bonds is 5. The molecule has 3 rings (SSSR count). The maximum absolute atomic E-state index is 10.8. The number of hydrogen-bond donors (Lipinski definition) is 1. The Kier molecular flexibility index (Phi) is 4.29. The first-order valence-corrected chi connectivity index (χ1v) is 7.39. The Morgan fingerprint density at radius 1 is 1.25 bits per heavy atom. The highest BCUT2D eigenvalue weighted by molar-refractivity contribution is 5.87. The Balaban J connectivity index is 1.80. The molecule has 0 aliphatic rings. The summed E-state index contributed by atoms with van der Waals surface area (Å²) < 4.78 is 11.0. The Bertz CT molecular complexity index is 869. The molecule has 0 fully saturated rings. The van der Waals surface area contributed by atoms with Gasteiger partial charge in [0.1, 0.15) is 18.1 Å². The van der Waals surface area contributed by atoms with Crippen molar-refractivity contribution in [3.63, 3.8) is 0 Å². The smallest absolute Gasteiger partial charge is 0.337 e. The zero-order valence-corrected chi connectivity index (χ0v) is 13.3. The molecule has 1 aromatic carbocycles. The van der Waals surface area contributed by atoms with E-state index >= 15 is 0 Å². The fraction of sp³-hybridized carbons (Fsp3) is 0.167. The quantitative estimate of drug-likeness (QED) is 0.771. The van der Waals surface area contributed by atoms with Crippen molar-refractivity contribution < 1.29 is 19.2 Å². The number of carboxylic acids is 1. The van der Waals surface area contributed by atoms with E-state index in [-0.39, 0.29) is 12.2 Å². The summed E-state index contributed by atoms with van der Waals surface area (Å²) in [4.78, 5) is 14.8. The number of carbonyl (C=O) groups is 1. The van der Waals surface area contributed by atoms with Gasteiger partial charge in [-0.3, -0.25) is 0 Å². The summed E-state index contributed by atoms with van der Waals surface area (Å²) in [5.74, 6) is -0.00452. The number of carboxylic acid groups (broad SMARTS) is 1. The van der Waals surface area contributed by atoms with E-state index in [1.807, 2.05) is 38.1 Å². The van der Waals surface area contributed by atoms with Gasteiger partial charge in [-0.05, 0) is 26.0 Å². The highest BCUT2D eigenvalue weighted by Gasteiger charge is 2.16. The summed E-state index contributed by atoms with van der Waals surface area (Å²) in [7, 11) is 0. The lowest BCUT2D eigenvalue weighted by Gasteiger charge is -2.06. The molecule has 0 saturated carbocycles. The zero-order chi connectivity index (χ0) is 17.1. The summed E-state index contributed by atoms with van der Waals surface area (Å²) in [6.07, 6.45) is 1.26. The van der Waals surface area contributed by atoms with Crippen LogP contribution in [0.1, 0.15) is 27.2 Å². The molecule has 2 aromatic heterocycles. The molecule has 0 aliphatic heterocycles. The molecule has 24 heavy (non-hydrogen) atoms. The highest BCUT2D eigenvalue weighted by atomic mass is 16.5. The lowest BCUT2D eigenvalue weighted by Crippen LogP contribution is -2.01. The maximum atomic E-state index is 10.8. The average molecular weight is 324 g/mol. The van der Waals surface area contributed by atoms with Crippen LogP contribution >= 0.6 is 0 Å². The molecule has 0 bridgehead atoms. The van der Waals surface area contributed by atoms with E-state index in [0.29, 0.717) is 11.6 Å². The van der Waals surface area contributed by atoms with Crippen LogP contribution in [0.3, 0.4) is 0 Å². The van der Waals surface area contributed by atoms with Crippen molar-refractivity contribution in [3.05, 3.63) is 65.0 Å². The normalized spacial score (nSPS) is 10.6. The molecular weight excluding hydrogens is 308 g/mol. The van der Waals surface area contributed by atoms with Crippen molar-refractivity contribution in [2.45, 2.75) is 20.5 Å². The highest BCUT2D eigenvalue weighted by Crippen LogP contribution is 2.27. The van der Waals surface area contributed by atoms with Crippen molar-refractivity contribution in [3.8, 4) is 17.1 Å². The molecule has 0 aliphatic carbocycles. The van der Waals surface area contributed by atoms with Gasteiger partial charge in [-0.1, -0.05) is 28.9 Å². The second kappa shape index (κ2) is 6.54. The number of nitrogens with zero attached hydrogens (tertiary/aromatic N) is 2. The number of aryl methyl sites for hydroxylation is 2. The average Bonchev–Trinajstić information content (AvgIpc) is 2.94. The Hall–Kier alpha value is -3.15. The topological polar surface area (TPSA) is 85.5 Å². The van der Waals surface area contributed by atoms with E-state index in [0.717, 1.165) is 22.4 Å². The van der Waals surface area contributed by atoms with Crippen molar-refractivity contribution in [2.24, 2.45) is 0 Å². The van der Waals surface area contributed by atoms with Crippen LogP contribution in [0.25, 0.3) is 11.3 Å². The van der Waals surface area contributed by atoms with Crippen molar-refractivity contribution in [1.82, 2.24) is 10.1 Å². The SMILES string of the molecule is Cc1cccc(-c2noc(C)c2COc2ccc(C(=O)O)cn2)c1. The molecule has 0 spiro atoms. The summed E-state index contributed by atoms with van der Waals surface area (Å²) in [6.45, 7) is 4.07. The van der Waals surface area contributed by atoms with Crippen LogP contribution in [0.4, 0.5) is 0 Å². The van der Waals surface area contributed by atoms with Gasteiger partial charge in [0.05, 0.1) is 11.1 Å². The van der Waals surface area contributed by atoms with E-state index in [1.54, 1.807) is 0 Å². The van der Waals surface area contributed by atoms with Gasteiger partial charge in [0.2, 0.25) is 5.88 Å². The first-order valence-electron chi connectivity index (χ1n) is 7.39. The third-order valence-corrected chi connectivity index (χ3v) is 3.62. The van der Waals surface area contributed by atoms with Crippen molar-refractivity contribution >= 4 is 5.97 Å². The van der Waals surface area contributed by atoms with Gasteiger partial charge < -0.3 is 14.4 Å². The fourth-order valence-corrected chi connectivity index (χ4v) is 2.32. The molecular formula is C18H16N2O4. The van der Waals surface area contributed by atoms with E-state index in [1.165, 1.54) is 18.3 Å². The molecule has 0 atom stereocenters. The van der Waals surface area contributed by atoms with Gasteiger partial charge in [0, 0.05) is 17.8 Å². The molecule has 1 N–H and O–H groups in total. The van der Waals surface area contributed by atoms with Gasteiger partial charge in [-0.25, -0.2) is 9.78 Å². The van der Waals surface area contributed by atoms with Crippen LogP contribution in [-0.4, -0.2) is 21.2 Å². The molecule has 2 heterocycles. The Morgan fingerprint density at radius 3 is 2.75 bits per heavy atom. The predicted octanol–water partition coefficient (Wildman–Crippen LogP) is 3.63. The van der Waals surface area contributed by atoms with E-state index in [2.05, 4.69) is 10.1 Å². The van der Waals surface area contributed by atoms with Gasteiger partial charge in [-0.2, -0.15) is 0 Å². The van der Waals surface area contributed by atoms with Crippen LogP contribution in [0, 0.1) is 13.8 Å². The van der Waals surface area contributed by atoms with E-state index in [9.17, 15) is 4.79 Å².